The van der Waals surface area contributed by atoms with Gasteiger partial charge in [0.1, 0.15) is 0 Å². The van der Waals surface area contributed by atoms with E-state index in [1.165, 1.54) is 6.21 Å². The van der Waals surface area contributed by atoms with Crippen molar-refractivity contribution in [1.82, 2.24) is 5.43 Å². The van der Waals surface area contributed by atoms with Crippen LogP contribution in [0.2, 0.25) is 10.0 Å². The Morgan fingerprint density at radius 1 is 1.47 bits per heavy atom. The Labute approximate surface area is 105 Å². The van der Waals surface area contributed by atoms with Crippen molar-refractivity contribution in [1.29, 1.82) is 0 Å². The van der Waals surface area contributed by atoms with Gasteiger partial charge in [-0.1, -0.05) is 23.2 Å². The van der Waals surface area contributed by atoms with Crippen LogP contribution in [0.25, 0.3) is 0 Å². The van der Waals surface area contributed by atoms with Crippen molar-refractivity contribution in [2.75, 3.05) is 0 Å². The first-order valence-electron chi connectivity index (χ1n) is 3.73. The van der Waals surface area contributed by atoms with Gasteiger partial charge in [0.05, 0.1) is 16.3 Å². The maximum atomic E-state index is 10.3. The zero-order chi connectivity index (χ0) is 11.4. The first kappa shape index (κ1) is 12.3. The topological polar surface area (TPSA) is 67.5 Å². The second-order valence-electron chi connectivity index (χ2n) is 2.52. The first-order chi connectivity index (χ1) is 7.00. The monoisotopic (exact) mass is 309 g/mol. The number of urea groups is 1. The summed E-state index contributed by atoms with van der Waals surface area (Å²) >= 11 is 15.0. The van der Waals surface area contributed by atoms with Crippen molar-refractivity contribution in [2.45, 2.75) is 0 Å². The van der Waals surface area contributed by atoms with Crippen LogP contribution < -0.4 is 11.2 Å². The average molecular weight is 311 g/mol. The zero-order valence-corrected chi connectivity index (χ0v) is 10.4. The van der Waals surface area contributed by atoms with Gasteiger partial charge >= 0.3 is 6.03 Å². The summed E-state index contributed by atoms with van der Waals surface area (Å²) in [4.78, 5) is 10.3. The lowest BCUT2D eigenvalue weighted by molar-refractivity contribution is 0.249. The number of rotatable bonds is 2. The zero-order valence-electron chi connectivity index (χ0n) is 7.30. The van der Waals surface area contributed by atoms with Crippen molar-refractivity contribution in [2.24, 2.45) is 10.8 Å². The normalized spacial score (nSPS) is 10.6. The van der Waals surface area contributed by atoms with Crippen LogP contribution in [0.3, 0.4) is 0 Å². The Bertz CT molecular complexity index is 423. The van der Waals surface area contributed by atoms with Crippen LogP contribution in [0.1, 0.15) is 5.56 Å². The molecule has 0 unspecified atom stereocenters. The van der Waals surface area contributed by atoms with Gasteiger partial charge in [0.25, 0.3) is 0 Å². The summed E-state index contributed by atoms with van der Waals surface area (Å²) in [6, 6.07) is 2.50. The number of primary amides is 1. The van der Waals surface area contributed by atoms with Crippen molar-refractivity contribution < 1.29 is 4.79 Å². The third-order valence-corrected chi connectivity index (χ3v) is 2.94. The second kappa shape index (κ2) is 5.34. The molecule has 0 saturated heterocycles. The molecule has 4 nitrogen and oxygen atoms in total. The molecule has 1 rings (SSSR count). The Hall–Kier alpha value is -0.780. The second-order valence-corrected chi connectivity index (χ2v) is 4.19. The number of hydrogen-bond donors (Lipinski definition) is 2. The Kier molecular flexibility index (Phi) is 4.38. The van der Waals surface area contributed by atoms with E-state index < -0.39 is 6.03 Å². The van der Waals surface area contributed by atoms with Crippen molar-refractivity contribution in [3.8, 4) is 0 Å². The van der Waals surface area contributed by atoms with Gasteiger partial charge in [-0.3, -0.25) is 0 Å². The molecule has 2 amide bonds. The lowest BCUT2D eigenvalue weighted by Gasteiger charge is -2.01. The highest BCUT2D eigenvalue weighted by Gasteiger charge is 2.03. The number of hydrogen-bond acceptors (Lipinski definition) is 2. The Morgan fingerprint density at radius 2 is 2.13 bits per heavy atom. The van der Waals surface area contributed by atoms with Gasteiger partial charge in [-0.25, -0.2) is 10.2 Å². The fourth-order valence-electron chi connectivity index (χ4n) is 0.802. The molecule has 0 radical (unpaired) electrons. The number of nitrogens with one attached hydrogen (secondary N) is 1. The highest BCUT2D eigenvalue weighted by Crippen LogP contribution is 2.28. The molecule has 0 aromatic heterocycles. The van der Waals surface area contributed by atoms with Gasteiger partial charge in [0, 0.05) is 10.0 Å². The number of carbonyl (C=O) groups is 1. The van der Waals surface area contributed by atoms with Gasteiger partial charge in [-0.2, -0.15) is 5.10 Å². The molecule has 0 saturated carbocycles. The summed E-state index contributed by atoms with van der Waals surface area (Å²) in [7, 11) is 0. The fraction of sp³-hybridized carbons (Fsp3) is 0. The predicted octanol–water partition coefficient (Wildman–Crippen LogP) is 2.76. The van der Waals surface area contributed by atoms with Gasteiger partial charge < -0.3 is 5.73 Å². The van der Waals surface area contributed by atoms with E-state index in [0.29, 0.717) is 20.1 Å². The number of halogens is 3. The van der Waals surface area contributed by atoms with Crippen LogP contribution in [0.5, 0.6) is 0 Å². The molecule has 0 bridgehead atoms. The molecule has 80 valence electrons. The molecule has 7 heteroatoms. The van der Waals surface area contributed by atoms with Crippen molar-refractivity contribution in [3.63, 3.8) is 0 Å². The lowest BCUT2D eigenvalue weighted by Crippen LogP contribution is -2.24. The van der Waals surface area contributed by atoms with Crippen LogP contribution in [-0.4, -0.2) is 12.2 Å². The van der Waals surface area contributed by atoms with E-state index in [2.05, 4.69) is 26.5 Å². The quantitative estimate of drug-likeness (QED) is 0.492. The maximum absolute atomic E-state index is 10.3. The number of hydrazone groups is 1. The minimum absolute atomic E-state index is 0.460. The summed E-state index contributed by atoms with van der Waals surface area (Å²) in [5.74, 6) is 0. The average Bonchev–Trinajstić information content (AvgIpc) is 2.13. The van der Waals surface area contributed by atoms with E-state index in [9.17, 15) is 4.79 Å². The highest BCUT2D eigenvalue weighted by atomic mass is 79.9. The molecule has 0 fully saturated rings. The number of benzene rings is 1. The third kappa shape index (κ3) is 3.70. The summed E-state index contributed by atoms with van der Waals surface area (Å²) in [5.41, 5.74) is 7.45. The van der Waals surface area contributed by atoms with Crippen LogP contribution in [-0.2, 0) is 0 Å². The van der Waals surface area contributed by atoms with Crippen LogP contribution in [0.4, 0.5) is 4.79 Å². The van der Waals surface area contributed by atoms with E-state index >= 15 is 0 Å². The largest absolute Gasteiger partial charge is 0.350 e. The Balaban J connectivity index is 2.90. The van der Waals surface area contributed by atoms with Crippen LogP contribution in [0.15, 0.2) is 21.7 Å². The fourth-order valence-corrected chi connectivity index (χ4v) is 1.66. The minimum Gasteiger partial charge on any atom is -0.350 e. The smallest absolute Gasteiger partial charge is 0.332 e. The Morgan fingerprint density at radius 3 is 2.73 bits per heavy atom. The number of amides is 2. The highest BCUT2D eigenvalue weighted by molar-refractivity contribution is 9.10. The van der Waals surface area contributed by atoms with Gasteiger partial charge in [-0.15, -0.1) is 0 Å². The molecule has 0 aliphatic heterocycles. The molecule has 0 aliphatic rings. The van der Waals surface area contributed by atoms with Crippen LogP contribution >= 0.6 is 39.1 Å². The molecular formula is C8H6BrCl2N3O. The molecule has 1 aromatic carbocycles. The van der Waals surface area contributed by atoms with E-state index in [1.54, 1.807) is 12.1 Å². The van der Waals surface area contributed by atoms with Gasteiger partial charge in [0.2, 0.25) is 0 Å². The number of carbonyl (C=O) groups excluding carboxylic acids is 1. The first-order valence-corrected chi connectivity index (χ1v) is 5.28. The molecule has 3 N–H and O–H groups in total. The standard InChI is InChI=1S/C8H6BrCl2N3O/c9-5-2-6(10)4(1-7(5)11)3-13-14-8(12)15/h1-3H,(H3,12,14,15). The molecule has 0 spiro atoms. The van der Waals surface area contributed by atoms with Crippen LogP contribution in [0, 0.1) is 0 Å². The van der Waals surface area contributed by atoms with E-state index in [0.717, 1.165) is 0 Å². The molecular weight excluding hydrogens is 305 g/mol. The predicted molar refractivity (Wildman–Crippen MR) is 64.5 cm³/mol. The number of nitrogens with two attached hydrogens (primary N) is 1. The summed E-state index contributed by atoms with van der Waals surface area (Å²) in [6.45, 7) is 0. The summed E-state index contributed by atoms with van der Waals surface area (Å²) < 4.78 is 0.689. The third-order valence-electron chi connectivity index (χ3n) is 1.42. The number of nitrogens with zero attached hydrogens (tertiary/aromatic N) is 1. The summed E-state index contributed by atoms with van der Waals surface area (Å²) in [6.07, 6.45) is 1.35. The SMILES string of the molecule is NC(=O)NN=Cc1cc(Cl)c(Br)cc1Cl. The van der Waals surface area contributed by atoms with E-state index in [4.69, 9.17) is 28.9 Å². The molecule has 0 atom stereocenters. The van der Waals surface area contributed by atoms with Crippen molar-refractivity contribution in [3.05, 3.63) is 32.2 Å². The lowest BCUT2D eigenvalue weighted by atomic mass is 10.2. The van der Waals surface area contributed by atoms with Crippen molar-refractivity contribution >= 4 is 51.4 Å². The maximum Gasteiger partial charge on any atom is 0.332 e. The van der Waals surface area contributed by atoms with E-state index in [1.807, 2.05) is 0 Å². The molecule has 0 aliphatic carbocycles. The molecule has 1 aromatic rings. The van der Waals surface area contributed by atoms with Gasteiger partial charge in [-0.05, 0) is 28.1 Å². The van der Waals surface area contributed by atoms with E-state index in [-0.39, 0.29) is 0 Å². The summed E-state index contributed by atoms with van der Waals surface area (Å²) in [5, 5.41) is 4.52. The minimum atomic E-state index is -0.745. The molecule has 0 heterocycles. The van der Waals surface area contributed by atoms with Gasteiger partial charge in [0.15, 0.2) is 0 Å². The molecule has 15 heavy (non-hydrogen) atoms.